The van der Waals surface area contributed by atoms with Crippen LogP contribution < -0.4 is 15.5 Å². The van der Waals surface area contributed by atoms with Gasteiger partial charge in [-0.3, -0.25) is 9.59 Å². The molecule has 0 saturated heterocycles. The molecule has 0 fully saturated rings. The molecule has 0 bridgehead atoms. The Bertz CT molecular complexity index is 958. The number of hydrogen-bond acceptors (Lipinski definition) is 4. The van der Waals surface area contributed by atoms with Gasteiger partial charge < -0.3 is 14.5 Å². The first-order chi connectivity index (χ1) is 12.5. The standard InChI is InChI=1S/C21H21NO4/c1-14(2)25-16-9-7-15(8-10-16)11-12-22-21(24)20-13-18(23)17-5-3-4-6-19(17)26-20/h3-10,13-14H,11-12H2,1-2H3,(H,22,24). The quantitative estimate of drug-likeness (QED) is 0.737. The Hall–Kier alpha value is -3.08. The van der Waals surface area contributed by atoms with Crippen LogP contribution in [0.2, 0.25) is 0 Å². The van der Waals surface area contributed by atoms with Crippen LogP contribution in [0.3, 0.4) is 0 Å². The summed E-state index contributed by atoms with van der Waals surface area (Å²) in [4.78, 5) is 24.3. The second-order valence-electron chi connectivity index (χ2n) is 6.29. The van der Waals surface area contributed by atoms with Crippen LogP contribution in [-0.2, 0) is 6.42 Å². The minimum Gasteiger partial charge on any atom is -0.491 e. The van der Waals surface area contributed by atoms with Gasteiger partial charge in [0.05, 0.1) is 11.5 Å². The van der Waals surface area contributed by atoms with Crippen LogP contribution in [0.25, 0.3) is 11.0 Å². The average Bonchev–Trinajstić information content (AvgIpc) is 2.62. The normalized spacial score (nSPS) is 10.9. The fourth-order valence-corrected chi connectivity index (χ4v) is 2.63. The van der Waals surface area contributed by atoms with Crippen LogP contribution >= 0.6 is 0 Å². The van der Waals surface area contributed by atoms with Gasteiger partial charge in [0.25, 0.3) is 5.91 Å². The van der Waals surface area contributed by atoms with E-state index in [-0.39, 0.29) is 17.3 Å². The molecule has 0 unspecified atom stereocenters. The molecule has 2 aromatic carbocycles. The van der Waals surface area contributed by atoms with E-state index in [1.54, 1.807) is 24.3 Å². The predicted molar refractivity (Wildman–Crippen MR) is 101 cm³/mol. The van der Waals surface area contributed by atoms with E-state index < -0.39 is 5.91 Å². The van der Waals surface area contributed by atoms with Gasteiger partial charge in [0.15, 0.2) is 11.2 Å². The predicted octanol–water partition coefficient (Wildman–Crippen LogP) is 3.55. The number of nitrogens with one attached hydrogen (secondary N) is 1. The van der Waals surface area contributed by atoms with Gasteiger partial charge in [0, 0.05) is 12.6 Å². The van der Waals surface area contributed by atoms with E-state index in [9.17, 15) is 9.59 Å². The molecule has 134 valence electrons. The molecular formula is C21H21NO4. The van der Waals surface area contributed by atoms with Gasteiger partial charge in [-0.2, -0.15) is 0 Å². The van der Waals surface area contributed by atoms with E-state index in [0.717, 1.165) is 11.3 Å². The maximum Gasteiger partial charge on any atom is 0.287 e. The van der Waals surface area contributed by atoms with Gasteiger partial charge in [0.2, 0.25) is 0 Å². The van der Waals surface area contributed by atoms with Crippen LogP contribution in [-0.4, -0.2) is 18.6 Å². The lowest BCUT2D eigenvalue weighted by molar-refractivity contribution is 0.0927. The summed E-state index contributed by atoms with van der Waals surface area (Å²) in [7, 11) is 0. The van der Waals surface area contributed by atoms with Crippen LogP contribution in [0.5, 0.6) is 5.75 Å². The fraction of sp³-hybridized carbons (Fsp3) is 0.238. The number of para-hydroxylation sites is 1. The van der Waals surface area contributed by atoms with Crippen LogP contribution in [0.4, 0.5) is 0 Å². The minimum absolute atomic E-state index is 0.0226. The summed E-state index contributed by atoms with van der Waals surface area (Å²) in [5.41, 5.74) is 1.27. The Morgan fingerprint density at radius 2 is 1.85 bits per heavy atom. The van der Waals surface area contributed by atoms with Crippen molar-refractivity contribution in [3.05, 3.63) is 76.1 Å². The molecule has 0 aliphatic rings. The molecule has 1 heterocycles. The topological polar surface area (TPSA) is 68.5 Å². The second-order valence-corrected chi connectivity index (χ2v) is 6.29. The monoisotopic (exact) mass is 351 g/mol. The van der Waals surface area contributed by atoms with Crippen molar-refractivity contribution >= 4 is 16.9 Å². The second kappa shape index (κ2) is 7.87. The Morgan fingerprint density at radius 3 is 2.58 bits per heavy atom. The van der Waals surface area contributed by atoms with E-state index in [1.165, 1.54) is 6.07 Å². The molecule has 3 rings (SSSR count). The van der Waals surface area contributed by atoms with Crippen molar-refractivity contribution in [3.63, 3.8) is 0 Å². The van der Waals surface area contributed by atoms with Crippen LogP contribution in [0.15, 0.2) is 63.8 Å². The molecule has 5 nitrogen and oxygen atoms in total. The lowest BCUT2D eigenvalue weighted by Crippen LogP contribution is -2.26. The molecular weight excluding hydrogens is 330 g/mol. The van der Waals surface area contributed by atoms with E-state index in [4.69, 9.17) is 9.15 Å². The highest BCUT2D eigenvalue weighted by Gasteiger charge is 2.11. The van der Waals surface area contributed by atoms with Gasteiger partial charge in [-0.15, -0.1) is 0 Å². The van der Waals surface area contributed by atoms with Crippen molar-refractivity contribution in [2.45, 2.75) is 26.4 Å². The molecule has 0 saturated carbocycles. The van der Waals surface area contributed by atoms with Crippen LogP contribution in [0.1, 0.15) is 30.0 Å². The zero-order chi connectivity index (χ0) is 18.5. The zero-order valence-electron chi connectivity index (χ0n) is 14.8. The van der Waals surface area contributed by atoms with Crippen molar-refractivity contribution in [2.75, 3.05) is 6.54 Å². The zero-order valence-corrected chi connectivity index (χ0v) is 14.8. The summed E-state index contributed by atoms with van der Waals surface area (Å²) in [6, 6.07) is 15.9. The molecule has 0 atom stereocenters. The largest absolute Gasteiger partial charge is 0.491 e. The fourth-order valence-electron chi connectivity index (χ4n) is 2.63. The lowest BCUT2D eigenvalue weighted by atomic mass is 10.1. The highest BCUT2D eigenvalue weighted by molar-refractivity contribution is 5.93. The molecule has 0 aliphatic carbocycles. The Morgan fingerprint density at radius 1 is 1.12 bits per heavy atom. The first-order valence-corrected chi connectivity index (χ1v) is 8.59. The summed E-state index contributed by atoms with van der Waals surface area (Å²) in [6.07, 6.45) is 0.808. The molecule has 3 aromatic rings. The van der Waals surface area contributed by atoms with Crippen molar-refractivity contribution < 1.29 is 13.9 Å². The number of benzene rings is 2. The van der Waals surface area contributed by atoms with Gasteiger partial charge in [-0.1, -0.05) is 24.3 Å². The van der Waals surface area contributed by atoms with Crippen molar-refractivity contribution in [2.24, 2.45) is 0 Å². The molecule has 1 aromatic heterocycles. The molecule has 0 aliphatic heterocycles. The molecule has 1 amide bonds. The van der Waals surface area contributed by atoms with Crippen molar-refractivity contribution in [1.82, 2.24) is 5.32 Å². The maximum absolute atomic E-state index is 12.2. The van der Waals surface area contributed by atoms with Crippen LogP contribution in [0, 0.1) is 0 Å². The molecule has 26 heavy (non-hydrogen) atoms. The summed E-state index contributed by atoms with van der Waals surface area (Å²) < 4.78 is 11.1. The summed E-state index contributed by atoms with van der Waals surface area (Å²) in [5, 5.41) is 3.25. The van der Waals surface area contributed by atoms with E-state index in [2.05, 4.69) is 5.32 Å². The van der Waals surface area contributed by atoms with Gasteiger partial charge in [0.1, 0.15) is 11.3 Å². The average molecular weight is 351 g/mol. The van der Waals surface area contributed by atoms with E-state index >= 15 is 0 Å². The van der Waals surface area contributed by atoms with Gasteiger partial charge in [-0.05, 0) is 50.1 Å². The van der Waals surface area contributed by atoms with Gasteiger partial charge >= 0.3 is 0 Å². The third kappa shape index (κ3) is 4.30. The van der Waals surface area contributed by atoms with Crippen molar-refractivity contribution in [1.29, 1.82) is 0 Å². The highest BCUT2D eigenvalue weighted by atomic mass is 16.5. The maximum atomic E-state index is 12.2. The third-order valence-electron chi connectivity index (χ3n) is 3.85. The Balaban J connectivity index is 1.60. The SMILES string of the molecule is CC(C)Oc1ccc(CCNC(=O)c2cc(=O)c3ccccc3o2)cc1. The molecule has 5 heteroatoms. The highest BCUT2D eigenvalue weighted by Crippen LogP contribution is 2.14. The van der Waals surface area contributed by atoms with E-state index in [1.807, 2.05) is 38.1 Å². The molecule has 0 radical (unpaired) electrons. The molecule has 0 spiro atoms. The van der Waals surface area contributed by atoms with E-state index in [0.29, 0.717) is 23.9 Å². The number of carbonyl (C=O) groups excluding carboxylic acids is 1. The first-order valence-electron chi connectivity index (χ1n) is 8.59. The first kappa shape index (κ1) is 17.7. The lowest BCUT2D eigenvalue weighted by Gasteiger charge is -2.10. The summed E-state index contributed by atoms with van der Waals surface area (Å²) in [5.74, 6) is 0.452. The number of rotatable bonds is 6. The minimum atomic E-state index is -0.396. The smallest absolute Gasteiger partial charge is 0.287 e. The number of fused-ring (bicyclic) bond motifs is 1. The number of hydrogen-bond donors (Lipinski definition) is 1. The summed E-state index contributed by atoms with van der Waals surface area (Å²) >= 11 is 0. The third-order valence-corrected chi connectivity index (χ3v) is 3.85. The number of carbonyl (C=O) groups is 1. The van der Waals surface area contributed by atoms with Crippen molar-refractivity contribution in [3.8, 4) is 5.75 Å². The Labute approximate surface area is 151 Å². The Kier molecular flexibility index (Phi) is 5.37. The van der Waals surface area contributed by atoms with Gasteiger partial charge in [-0.25, -0.2) is 0 Å². The summed E-state index contributed by atoms with van der Waals surface area (Å²) in [6.45, 7) is 4.41. The molecule has 1 N–H and O–H groups in total. The number of amides is 1. The number of ether oxygens (including phenoxy) is 1.